The Morgan fingerprint density at radius 2 is 2.29 bits per heavy atom. The predicted molar refractivity (Wildman–Crippen MR) is 89.9 cm³/mol. The molecule has 1 saturated carbocycles. The van der Waals surface area contributed by atoms with E-state index in [9.17, 15) is 0 Å². The highest BCUT2D eigenvalue weighted by molar-refractivity contribution is 7.15. The molecule has 116 valence electrons. The fourth-order valence-electron chi connectivity index (χ4n) is 3.77. The van der Waals surface area contributed by atoms with Crippen LogP contribution in [0.4, 0.5) is 0 Å². The van der Waals surface area contributed by atoms with Crippen molar-refractivity contribution in [1.29, 1.82) is 0 Å². The van der Waals surface area contributed by atoms with Crippen LogP contribution in [0.3, 0.4) is 0 Å². The second kappa shape index (κ2) is 6.09. The van der Waals surface area contributed by atoms with Gasteiger partial charge >= 0.3 is 0 Å². The van der Waals surface area contributed by atoms with Crippen molar-refractivity contribution in [2.45, 2.75) is 46.5 Å². The molecule has 2 unspecified atom stereocenters. The number of rotatable bonds is 5. The van der Waals surface area contributed by atoms with Crippen LogP contribution in [0.2, 0.25) is 0 Å². The first kappa shape index (κ1) is 15.0. The minimum Gasteiger partial charge on any atom is -0.317 e. The van der Waals surface area contributed by atoms with Crippen molar-refractivity contribution in [2.75, 3.05) is 13.1 Å². The minimum atomic E-state index is 0.491. The third-order valence-corrected chi connectivity index (χ3v) is 5.72. The average molecular weight is 305 g/mol. The Morgan fingerprint density at radius 1 is 1.43 bits per heavy atom. The molecule has 1 aliphatic rings. The number of fused-ring (bicyclic) bond motifs is 1. The molecule has 0 bridgehead atoms. The second-order valence-electron chi connectivity index (χ2n) is 7.26. The lowest BCUT2D eigenvalue weighted by Crippen LogP contribution is -2.37. The van der Waals surface area contributed by atoms with E-state index < -0.39 is 0 Å². The Balaban J connectivity index is 1.73. The summed E-state index contributed by atoms with van der Waals surface area (Å²) >= 11 is 1.72. The van der Waals surface area contributed by atoms with Gasteiger partial charge in [0.05, 0.1) is 5.69 Å². The number of imidazole rings is 1. The molecule has 0 amide bonds. The fraction of sp³-hybridized carbons (Fsp3) is 0.706. The van der Waals surface area contributed by atoms with Crippen molar-refractivity contribution in [3.8, 4) is 0 Å². The number of aromatic nitrogens is 2. The number of nitrogens with one attached hydrogen (secondary N) is 1. The highest BCUT2D eigenvalue weighted by Crippen LogP contribution is 2.42. The van der Waals surface area contributed by atoms with E-state index in [1.54, 1.807) is 11.3 Å². The Labute approximate surface area is 131 Å². The molecule has 4 heteroatoms. The van der Waals surface area contributed by atoms with E-state index in [2.05, 4.69) is 48.3 Å². The summed E-state index contributed by atoms with van der Waals surface area (Å²) in [4.78, 5) is 5.92. The molecule has 1 fully saturated rings. The van der Waals surface area contributed by atoms with E-state index in [1.807, 2.05) is 0 Å². The molecule has 21 heavy (non-hydrogen) atoms. The molecule has 0 aliphatic heterocycles. The summed E-state index contributed by atoms with van der Waals surface area (Å²) in [6.45, 7) is 9.29. The summed E-state index contributed by atoms with van der Waals surface area (Å²) in [5, 5.41) is 5.66. The average Bonchev–Trinajstić information content (AvgIpc) is 2.98. The normalized spacial score (nSPS) is 25.5. The lowest BCUT2D eigenvalue weighted by Gasteiger charge is -2.41. The lowest BCUT2D eigenvalue weighted by atomic mass is 9.66. The smallest absolute Gasteiger partial charge is 0.193 e. The largest absolute Gasteiger partial charge is 0.317 e. The van der Waals surface area contributed by atoms with Crippen LogP contribution in [0.1, 0.15) is 45.7 Å². The molecule has 2 aromatic heterocycles. The highest BCUT2D eigenvalue weighted by Gasteiger charge is 2.34. The maximum absolute atomic E-state index is 4.79. The van der Waals surface area contributed by atoms with E-state index in [-0.39, 0.29) is 0 Å². The van der Waals surface area contributed by atoms with Gasteiger partial charge in [0.15, 0.2) is 4.96 Å². The van der Waals surface area contributed by atoms with Crippen molar-refractivity contribution in [3.05, 3.63) is 23.5 Å². The van der Waals surface area contributed by atoms with E-state index in [1.165, 1.54) is 31.5 Å². The van der Waals surface area contributed by atoms with Gasteiger partial charge in [0.25, 0.3) is 0 Å². The topological polar surface area (TPSA) is 29.3 Å². The molecular weight excluding hydrogens is 278 g/mol. The third kappa shape index (κ3) is 3.49. The zero-order chi connectivity index (χ0) is 14.9. The monoisotopic (exact) mass is 305 g/mol. The molecular formula is C17H27N3S. The van der Waals surface area contributed by atoms with Crippen LogP contribution in [-0.4, -0.2) is 22.5 Å². The Hall–Kier alpha value is -0.870. The van der Waals surface area contributed by atoms with Crippen molar-refractivity contribution < 1.29 is 0 Å². The minimum absolute atomic E-state index is 0.491. The van der Waals surface area contributed by atoms with Crippen LogP contribution in [0.15, 0.2) is 17.8 Å². The molecule has 1 aliphatic carbocycles. The molecule has 2 atom stereocenters. The number of hydrogen-bond acceptors (Lipinski definition) is 3. The summed E-state index contributed by atoms with van der Waals surface area (Å²) in [6, 6.07) is 0. The van der Waals surface area contributed by atoms with E-state index in [0.717, 1.165) is 29.8 Å². The SMILES string of the molecule is CCNCC1CCC(C)(C)CC1Cc1cn2ccsc2n1. The molecule has 3 rings (SSSR count). The Bertz CT molecular complexity index is 555. The van der Waals surface area contributed by atoms with Crippen molar-refractivity contribution in [2.24, 2.45) is 17.3 Å². The summed E-state index contributed by atoms with van der Waals surface area (Å²) in [6.07, 6.45) is 9.50. The molecule has 0 saturated heterocycles. The van der Waals surface area contributed by atoms with Crippen molar-refractivity contribution >= 4 is 16.3 Å². The fourth-order valence-corrected chi connectivity index (χ4v) is 4.49. The van der Waals surface area contributed by atoms with Gasteiger partial charge in [-0.2, -0.15) is 0 Å². The highest BCUT2D eigenvalue weighted by atomic mass is 32.1. The molecule has 0 spiro atoms. The Kier molecular flexibility index (Phi) is 4.36. The van der Waals surface area contributed by atoms with Gasteiger partial charge in [0.2, 0.25) is 0 Å². The first-order valence-electron chi connectivity index (χ1n) is 8.19. The summed E-state index contributed by atoms with van der Waals surface area (Å²) in [5.41, 5.74) is 1.76. The first-order valence-corrected chi connectivity index (χ1v) is 9.07. The van der Waals surface area contributed by atoms with Gasteiger partial charge in [0.1, 0.15) is 0 Å². The quantitative estimate of drug-likeness (QED) is 0.905. The van der Waals surface area contributed by atoms with Crippen molar-refractivity contribution in [3.63, 3.8) is 0 Å². The van der Waals surface area contributed by atoms with E-state index in [4.69, 9.17) is 4.98 Å². The summed E-state index contributed by atoms with van der Waals surface area (Å²) < 4.78 is 2.16. The van der Waals surface area contributed by atoms with Crippen molar-refractivity contribution in [1.82, 2.24) is 14.7 Å². The predicted octanol–water partition coefficient (Wildman–Crippen LogP) is 3.99. The van der Waals surface area contributed by atoms with Gasteiger partial charge in [-0.3, -0.25) is 4.40 Å². The zero-order valence-corrected chi connectivity index (χ0v) is 14.2. The van der Waals surface area contributed by atoms with Gasteiger partial charge in [-0.05, 0) is 56.0 Å². The van der Waals surface area contributed by atoms with Crippen LogP contribution < -0.4 is 5.32 Å². The molecule has 0 aromatic carbocycles. The standard InChI is InChI=1S/C17H27N3S/c1-4-18-11-13-5-6-17(2,3)10-14(13)9-15-12-20-7-8-21-16(20)19-15/h7-8,12-14,18H,4-6,9-11H2,1-3H3. The van der Waals surface area contributed by atoms with Gasteiger partial charge in [-0.1, -0.05) is 20.8 Å². The summed E-state index contributed by atoms with van der Waals surface area (Å²) in [5.74, 6) is 1.56. The maximum atomic E-state index is 4.79. The van der Waals surface area contributed by atoms with Gasteiger partial charge < -0.3 is 5.32 Å². The van der Waals surface area contributed by atoms with Crippen LogP contribution >= 0.6 is 11.3 Å². The Morgan fingerprint density at radius 3 is 3.05 bits per heavy atom. The van der Waals surface area contributed by atoms with E-state index in [0.29, 0.717) is 5.41 Å². The van der Waals surface area contributed by atoms with Crippen LogP contribution in [0.25, 0.3) is 4.96 Å². The molecule has 2 heterocycles. The van der Waals surface area contributed by atoms with Gasteiger partial charge in [-0.15, -0.1) is 11.3 Å². The number of thiazole rings is 1. The van der Waals surface area contributed by atoms with E-state index >= 15 is 0 Å². The molecule has 1 N–H and O–H groups in total. The van der Waals surface area contributed by atoms with Gasteiger partial charge in [-0.25, -0.2) is 4.98 Å². The van der Waals surface area contributed by atoms with Crippen LogP contribution in [0, 0.1) is 17.3 Å². The number of nitrogens with zero attached hydrogens (tertiary/aromatic N) is 2. The molecule has 2 aromatic rings. The third-order valence-electron chi connectivity index (χ3n) is 4.94. The number of hydrogen-bond donors (Lipinski definition) is 1. The van der Waals surface area contributed by atoms with Crippen LogP contribution in [0.5, 0.6) is 0 Å². The summed E-state index contributed by atoms with van der Waals surface area (Å²) in [7, 11) is 0. The maximum Gasteiger partial charge on any atom is 0.193 e. The molecule has 3 nitrogen and oxygen atoms in total. The van der Waals surface area contributed by atoms with Gasteiger partial charge in [0, 0.05) is 17.8 Å². The lowest BCUT2D eigenvalue weighted by molar-refractivity contribution is 0.116. The second-order valence-corrected chi connectivity index (χ2v) is 8.14. The first-order chi connectivity index (χ1) is 10.1. The molecule has 0 radical (unpaired) electrons. The van der Waals surface area contributed by atoms with Crippen LogP contribution in [-0.2, 0) is 6.42 Å². The zero-order valence-electron chi connectivity index (χ0n) is 13.4.